The molecule has 22 heavy (non-hydrogen) atoms. The summed E-state index contributed by atoms with van der Waals surface area (Å²) in [6.07, 6.45) is -3.93. The lowest BCUT2D eigenvalue weighted by molar-refractivity contribution is -0.154. The maximum atomic E-state index is 12.2. The smallest absolute Gasteiger partial charge is 0.422 e. The monoisotopic (exact) mass is 317 g/mol. The van der Waals surface area contributed by atoms with Gasteiger partial charge in [0.05, 0.1) is 0 Å². The van der Waals surface area contributed by atoms with E-state index in [2.05, 4.69) is 10.1 Å². The number of carbonyl (C=O) groups excluding carboxylic acids is 1. The second kappa shape index (κ2) is 5.86. The Hall–Kier alpha value is -2.25. The van der Waals surface area contributed by atoms with E-state index in [1.807, 2.05) is 0 Å². The van der Waals surface area contributed by atoms with Gasteiger partial charge in [-0.2, -0.15) is 13.2 Å². The van der Waals surface area contributed by atoms with Gasteiger partial charge in [0.1, 0.15) is 11.2 Å². The van der Waals surface area contributed by atoms with Crippen LogP contribution in [0.4, 0.5) is 13.2 Å². The van der Waals surface area contributed by atoms with E-state index in [1.54, 1.807) is 6.07 Å². The molecule has 5 nitrogen and oxygen atoms in total. The van der Waals surface area contributed by atoms with Gasteiger partial charge in [-0.25, -0.2) is 0 Å². The van der Waals surface area contributed by atoms with Crippen LogP contribution in [0.5, 0.6) is 5.75 Å². The van der Waals surface area contributed by atoms with E-state index in [0.29, 0.717) is 5.56 Å². The summed E-state index contributed by atoms with van der Waals surface area (Å²) in [6, 6.07) is 5.96. The van der Waals surface area contributed by atoms with Crippen molar-refractivity contribution in [3.8, 4) is 5.75 Å². The van der Waals surface area contributed by atoms with Crippen molar-refractivity contribution < 1.29 is 32.6 Å². The van der Waals surface area contributed by atoms with E-state index in [1.165, 1.54) is 18.2 Å². The highest BCUT2D eigenvalue weighted by atomic mass is 19.4. The van der Waals surface area contributed by atoms with Gasteiger partial charge < -0.3 is 15.2 Å². The number of amides is 1. The molecule has 1 amide bonds. The van der Waals surface area contributed by atoms with Crippen molar-refractivity contribution in [2.75, 3.05) is 6.61 Å². The van der Waals surface area contributed by atoms with Gasteiger partial charge in [0.15, 0.2) is 6.61 Å². The summed E-state index contributed by atoms with van der Waals surface area (Å²) in [5.74, 6) is -1.82. The molecule has 0 unspecified atom stereocenters. The number of halogens is 3. The Morgan fingerprint density at radius 3 is 2.45 bits per heavy atom. The number of carboxylic acid groups (broad SMARTS) is 1. The lowest BCUT2D eigenvalue weighted by atomic mass is 10.1. The molecule has 120 valence electrons. The second-order valence-electron chi connectivity index (χ2n) is 5.08. The van der Waals surface area contributed by atoms with E-state index in [9.17, 15) is 22.8 Å². The highest BCUT2D eigenvalue weighted by Crippen LogP contribution is 2.46. The molecule has 1 aliphatic carbocycles. The van der Waals surface area contributed by atoms with Gasteiger partial charge in [-0.1, -0.05) is 18.2 Å². The van der Waals surface area contributed by atoms with Crippen LogP contribution in [0.3, 0.4) is 0 Å². The average Bonchev–Trinajstić information content (AvgIpc) is 3.24. The summed E-state index contributed by atoms with van der Waals surface area (Å²) < 4.78 is 41.2. The van der Waals surface area contributed by atoms with Gasteiger partial charge in [0.25, 0.3) is 0 Å². The van der Waals surface area contributed by atoms with Crippen molar-refractivity contribution in [2.45, 2.75) is 25.6 Å². The fourth-order valence-electron chi connectivity index (χ4n) is 1.96. The SMILES string of the molecule is O=C(O)C1(C(=O)NCc2ccccc2OCC(F)(F)F)CC1. The average molecular weight is 317 g/mol. The van der Waals surface area contributed by atoms with Crippen molar-refractivity contribution in [1.82, 2.24) is 5.32 Å². The predicted molar refractivity (Wildman–Crippen MR) is 69.1 cm³/mol. The molecule has 0 aliphatic heterocycles. The fraction of sp³-hybridized carbons (Fsp3) is 0.429. The number of hydrogen-bond acceptors (Lipinski definition) is 3. The number of ether oxygens (including phenoxy) is 1. The Morgan fingerprint density at radius 2 is 1.91 bits per heavy atom. The third kappa shape index (κ3) is 3.69. The van der Waals surface area contributed by atoms with E-state index >= 15 is 0 Å². The predicted octanol–water partition coefficient (Wildman–Crippen LogP) is 2.11. The molecule has 1 aromatic rings. The summed E-state index contributed by atoms with van der Waals surface area (Å²) in [5.41, 5.74) is -1.04. The van der Waals surface area contributed by atoms with Crippen molar-refractivity contribution >= 4 is 11.9 Å². The summed E-state index contributed by atoms with van der Waals surface area (Å²) in [4.78, 5) is 22.9. The first-order valence-corrected chi connectivity index (χ1v) is 6.54. The van der Waals surface area contributed by atoms with Crippen LogP contribution in [-0.4, -0.2) is 29.8 Å². The number of carboxylic acids is 1. The first kappa shape index (κ1) is 16.1. The molecule has 1 aromatic carbocycles. The van der Waals surface area contributed by atoms with Gasteiger partial charge in [0.2, 0.25) is 5.91 Å². The molecule has 0 saturated heterocycles. The van der Waals surface area contributed by atoms with E-state index in [0.717, 1.165) is 0 Å². The number of alkyl halides is 3. The highest BCUT2D eigenvalue weighted by molar-refractivity contribution is 6.04. The van der Waals surface area contributed by atoms with Gasteiger partial charge in [-0.15, -0.1) is 0 Å². The number of benzene rings is 1. The minimum atomic E-state index is -4.46. The number of nitrogens with one attached hydrogen (secondary N) is 1. The molecule has 1 saturated carbocycles. The Labute approximate surface area is 124 Å². The zero-order valence-corrected chi connectivity index (χ0v) is 11.4. The molecule has 2 N–H and O–H groups in total. The minimum Gasteiger partial charge on any atom is -0.484 e. The Morgan fingerprint density at radius 1 is 1.27 bits per heavy atom. The molecule has 0 atom stereocenters. The molecule has 0 aromatic heterocycles. The summed E-state index contributed by atoms with van der Waals surface area (Å²) in [6.45, 7) is -1.53. The molecule has 0 radical (unpaired) electrons. The molecular formula is C14H14F3NO4. The molecule has 0 heterocycles. The molecule has 1 fully saturated rings. The quantitative estimate of drug-likeness (QED) is 0.788. The van der Waals surface area contributed by atoms with Gasteiger partial charge in [0, 0.05) is 12.1 Å². The zero-order chi connectivity index (χ0) is 16.4. The zero-order valence-electron chi connectivity index (χ0n) is 11.4. The third-order valence-corrected chi connectivity index (χ3v) is 3.40. The highest BCUT2D eigenvalue weighted by Gasteiger charge is 2.56. The first-order valence-electron chi connectivity index (χ1n) is 6.54. The third-order valence-electron chi connectivity index (χ3n) is 3.40. The van der Waals surface area contributed by atoms with Crippen molar-refractivity contribution in [2.24, 2.45) is 5.41 Å². The second-order valence-corrected chi connectivity index (χ2v) is 5.08. The standard InChI is InChI=1S/C14H14F3NO4/c15-14(16,17)8-22-10-4-2-1-3-9(10)7-18-11(19)13(5-6-13)12(20)21/h1-4H,5-8H2,(H,18,19)(H,20,21). The Kier molecular flexibility index (Phi) is 4.30. The van der Waals surface area contributed by atoms with Crippen LogP contribution in [0.25, 0.3) is 0 Å². The Balaban J connectivity index is 1.98. The fourth-order valence-corrected chi connectivity index (χ4v) is 1.96. The van der Waals surface area contributed by atoms with Crippen LogP contribution in [0.2, 0.25) is 0 Å². The number of hydrogen-bond donors (Lipinski definition) is 2. The number of carbonyl (C=O) groups is 2. The van der Waals surface area contributed by atoms with Gasteiger partial charge in [-0.3, -0.25) is 9.59 Å². The normalized spacial score (nSPS) is 16.0. The van der Waals surface area contributed by atoms with E-state index in [4.69, 9.17) is 5.11 Å². The molecule has 2 rings (SSSR count). The van der Waals surface area contributed by atoms with Crippen LogP contribution in [-0.2, 0) is 16.1 Å². The van der Waals surface area contributed by atoms with Crippen LogP contribution >= 0.6 is 0 Å². The topological polar surface area (TPSA) is 75.6 Å². The molecule has 8 heteroatoms. The summed E-state index contributed by atoms with van der Waals surface area (Å²) in [7, 11) is 0. The maximum absolute atomic E-state index is 12.2. The van der Waals surface area contributed by atoms with Gasteiger partial charge in [-0.05, 0) is 18.9 Å². The minimum absolute atomic E-state index is 0.000275. The van der Waals surface area contributed by atoms with E-state index < -0.39 is 30.1 Å². The maximum Gasteiger partial charge on any atom is 0.422 e. The van der Waals surface area contributed by atoms with Gasteiger partial charge >= 0.3 is 12.1 Å². The molecule has 0 bridgehead atoms. The van der Waals surface area contributed by atoms with Crippen molar-refractivity contribution in [1.29, 1.82) is 0 Å². The van der Waals surface area contributed by atoms with Crippen molar-refractivity contribution in [3.63, 3.8) is 0 Å². The lowest BCUT2D eigenvalue weighted by Gasteiger charge is -2.15. The lowest BCUT2D eigenvalue weighted by Crippen LogP contribution is -2.36. The van der Waals surface area contributed by atoms with Crippen LogP contribution in [0.15, 0.2) is 24.3 Å². The molecule has 1 aliphatic rings. The van der Waals surface area contributed by atoms with Crippen LogP contribution in [0.1, 0.15) is 18.4 Å². The summed E-state index contributed by atoms with van der Waals surface area (Å²) in [5, 5.41) is 11.4. The largest absolute Gasteiger partial charge is 0.484 e. The number of para-hydroxylation sites is 1. The Bertz CT molecular complexity index is 582. The number of rotatable bonds is 6. The van der Waals surface area contributed by atoms with Crippen LogP contribution in [0, 0.1) is 5.41 Å². The summed E-state index contributed by atoms with van der Waals surface area (Å²) >= 11 is 0. The number of aliphatic carboxylic acids is 1. The molecular weight excluding hydrogens is 303 g/mol. The van der Waals surface area contributed by atoms with E-state index in [-0.39, 0.29) is 25.1 Å². The van der Waals surface area contributed by atoms with Crippen LogP contribution < -0.4 is 10.1 Å². The first-order chi connectivity index (χ1) is 10.2. The van der Waals surface area contributed by atoms with Crippen molar-refractivity contribution in [3.05, 3.63) is 29.8 Å². The molecule has 0 spiro atoms.